The summed E-state index contributed by atoms with van der Waals surface area (Å²) >= 11 is 0. The van der Waals surface area contributed by atoms with Crippen molar-refractivity contribution in [3.05, 3.63) is 218 Å². The maximum absolute atomic E-state index is 4.98. The Hall–Kier alpha value is -7.30. The number of hydrogen-bond donors (Lipinski definition) is 0. The van der Waals surface area contributed by atoms with Crippen LogP contribution in [0.3, 0.4) is 0 Å². The summed E-state index contributed by atoms with van der Waals surface area (Å²) in [6.45, 7) is 4.73. The Morgan fingerprint density at radius 3 is 1.40 bits per heavy atom. The van der Waals surface area contributed by atoms with Crippen molar-refractivity contribution in [1.82, 2.24) is 9.97 Å². The Morgan fingerprint density at radius 2 is 0.860 bits per heavy atom. The van der Waals surface area contributed by atoms with Gasteiger partial charge in [0, 0.05) is 39.0 Å². The second kappa shape index (κ2) is 14.1. The first-order chi connectivity index (χ1) is 28.0. The molecule has 0 atom stereocenters. The van der Waals surface area contributed by atoms with Crippen LogP contribution in [0.1, 0.15) is 25.0 Å². The van der Waals surface area contributed by atoms with Gasteiger partial charge in [0.2, 0.25) is 0 Å². The number of benzene rings is 7. The SMILES string of the molecule is CC1(C)c2cc(N(c3ccccc3)c3ccc(-c4ccccc4)nc3)ccc2-c2c1cc(N(c1ccccc1)c1ccc(-c3ccccc3)nc1)c1ccccc21. The van der Waals surface area contributed by atoms with Crippen molar-refractivity contribution in [3.8, 4) is 33.6 Å². The first kappa shape index (κ1) is 34.2. The molecule has 0 spiro atoms. The zero-order valence-electron chi connectivity index (χ0n) is 31.9. The van der Waals surface area contributed by atoms with Crippen molar-refractivity contribution in [3.63, 3.8) is 0 Å². The molecule has 10 rings (SSSR count). The van der Waals surface area contributed by atoms with Gasteiger partial charge in [-0.2, -0.15) is 0 Å². The van der Waals surface area contributed by atoms with E-state index < -0.39 is 0 Å². The zero-order valence-corrected chi connectivity index (χ0v) is 31.9. The van der Waals surface area contributed by atoms with Gasteiger partial charge in [0.25, 0.3) is 0 Å². The minimum Gasteiger partial charge on any atom is -0.309 e. The molecule has 1 aliphatic carbocycles. The molecule has 2 heterocycles. The topological polar surface area (TPSA) is 32.3 Å². The fourth-order valence-electron chi connectivity index (χ4n) is 8.50. The molecule has 57 heavy (non-hydrogen) atoms. The Bertz CT molecular complexity index is 2840. The minimum absolute atomic E-state index is 0.297. The molecule has 0 bridgehead atoms. The third-order valence-corrected chi connectivity index (χ3v) is 11.3. The molecule has 4 nitrogen and oxygen atoms in total. The van der Waals surface area contributed by atoms with E-state index in [9.17, 15) is 0 Å². The summed E-state index contributed by atoms with van der Waals surface area (Å²) in [5, 5.41) is 2.43. The van der Waals surface area contributed by atoms with Crippen LogP contribution in [0, 0.1) is 0 Å². The number of pyridine rings is 2. The molecule has 0 saturated heterocycles. The number of anilines is 6. The van der Waals surface area contributed by atoms with Crippen molar-refractivity contribution < 1.29 is 0 Å². The third kappa shape index (κ3) is 6.03. The van der Waals surface area contributed by atoms with E-state index in [2.05, 4.69) is 206 Å². The summed E-state index contributed by atoms with van der Waals surface area (Å²) in [5.41, 5.74) is 15.4. The monoisotopic (exact) mass is 732 g/mol. The Balaban J connectivity index is 1.11. The van der Waals surface area contributed by atoms with Gasteiger partial charge in [-0.3, -0.25) is 9.97 Å². The lowest BCUT2D eigenvalue weighted by Gasteiger charge is -2.30. The lowest BCUT2D eigenvalue weighted by Crippen LogP contribution is -2.18. The third-order valence-electron chi connectivity index (χ3n) is 11.3. The average molecular weight is 733 g/mol. The minimum atomic E-state index is -0.297. The highest BCUT2D eigenvalue weighted by molar-refractivity contribution is 6.10. The fraction of sp³-hybridized carbons (Fsp3) is 0.0566. The summed E-state index contributed by atoms with van der Waals surface area (Å²) < 4.78 is 0. The van der Waals surface area contributed by atoms with Gasteiger partial charge in [0.15, 0.2) is 0 Å². The second-order valence-corrected chi connectivity index (χ2v) is 15.1. The molecule has 7 aromatic carbocycles. The second-order valence-electron chi connectivity index (χ2n) is 15.1. The van der Waals surface area contributed by atoms with Gasteiger partial charge < -0.3 is 9.80 Å². The maximum Gasteiger partial charge on any atom is 0.0703 e. The summed E-state index contributed by atoms with van der Waals surface area (Å²) in [7, 11) is 0. The smallest absolute Gasteiger partial charge is 0.0703 e. The Labute approximate surface area is 334 Å². The molecule has 272 valence electrons. The van der Waals surface area contributed by atoms with Gasteiger partial charge in [-0.05, 0) is 94.4 Å². The molecule has 9 aromatic rings. The summed E-state index contributed by atoms with van der Waals surface area (Å²) in [4.78, 5) is 14.6. The summed E-state index contributed by atoms with van der Waals surface area (Å²) in [6.07, 6.45) is 3.99. The van der Waals surface area contributed by atoms with Gasteiger partial charge >= 0.3 is 0 Å². The van der Waals surface area contributed by atoms with Gasteiger partial charge in [-0.25, -0.2) is 0 Å². The zero-order chi connectivity index (χ0) is 38.3. The lowest BCUT2D eigenvalue weighted by atomic mass is 9.81. The van der Waals surface area contributed by atoms with Gasteiger partial charge in [-0.1, -0.05) is 141 Å². The Kier molecular flexibility index (Phi) is 8.45. The number of fused-ring (bicyclic) bond motifs is 5. The van der Waals surface area contributed by atoms with Gasteiger partial charge in [-0.15, -0.1) is 0 Å². The van der Waals surface area contributed by atoms with Crippen LogP contribution in [0.2, 0.25) is 0 Å². The van der Waals surface area contributed by atoms with Gasteiger partial charge in [0.05, 0.1) is 40.8 Å². The van der Waals surface area contributed by atoms with Crippen LogP contribution < -0.4 is 9.80 Å². The van der Waals surface area contributed by atoms with E-state index in [1.807, 2.05) is 24.5 Å². The van der Waals surface area contributed by atoms with Crippen LogP contribution in [0.5, 0.6) is 0 Å². The highest BCUT2D eigenvalue weighted by atomic mass is 15.2. The van der Waals surface area contributed by atoms with E-state index in [1.165, 1.54) is 33.0 Å². The molecule has 0 fully saturated rings. The highest BCUT2D eigenvalue weighted by Crippen LogP contribution is 2.55. The quantitative estimate of drug-likeness (QED) is 0.156. The molecular formula is C53H40N4. The number of para-hydroxylation sites is 2. The number of rotatable bonds is 8. The summed E-state index contributed by atoms with van der Waals surface area (Å²) in [6, 6.07) is 68.8. The first-order valence-electron chi connectivity index (χ1n) is 19.5. The van der Waals surface area contributed by atoms with Crippen LogP contribution in [0.4, 0.5) is 34.1 Å². The lowest BCUT2D eigenvalue weighted by molar-refractivity contribution is 0.661. The number of hydrogen-bond acceptors (Lipinski definition) is 4. The average Bonchev–Trinajstić information content (AvgIpc) is 3.51. The van der Waals surface area contributed by atoms with Gasteiger partial charge in [0.1, 0.15) is 0 Å². The maximum atomic E-state index is 4.98. The largest absolute Gasteiger partial charge is 0.309 e. The van der Waals surface area contributed by atoms with E-state index in [0.29, 0.717) is 0 Å². The molecular weight excluding hydrogens is 693 g/mol. The van der Waals surface area contributed by atoms with E-state index in [1.54, 1.807) is 0 Å². The number of aromatic nitrogens is 2. The fourth-order valence-corrected chi connectivity index (χ4v) is 8.50. The molecule has 1 aliphatic rings. The summed E-state index contributed by atoms with van der Waals surface area (Å²) in [5.74, 6) is 0. The molecule has 0 unspecified atom stereocenters. The van der Waals surface area contributed by atoms with Crippen molar-refractivity contribution in [1.29, 1.82) is 0 Å². The van der Waals surface area contributed by atoms with Crippen LogP contribution >= 0.6 is 0 Å². The van der Waals surface area contributed by atoms with Crippen LogP contribution in [0.15, 0.2) is 207 Å². The molecule has 4 heteroatoms. The van der Waals surface area contributed by atoms with E-state index in [4.69, 9.17) is 9.97 Å². The molecule has 0 aliphatic heterocycles. The molecule has 2 aromatic heterocycles. The van der Waals surface area contributed by atoms with Crippen LogP contribution in [0.25, 0.3) is 44.4 Å². The van der Waals surface area contributed by atoms with Crippen molar-refractivity contribution in [2.24, 2.45) is 0 Å². The van der Waals surface area contributed by atoms with Crippen molar-refractivity contribution in [2.75, 3.05) is 9.80 Å². The predicted molar refractivity (Wildman–Crippen MR) is 237 cm³/mol. The van der Waals surface area contributed by atoms with Crippen LogP contribution in [-0.2, 0) is 5.41 Å². The Morgan fingerprint density at radius 1 is 0.386 bits per heavy atom. The molecule has 0 saturated carbocycles. The van der Waals surface area contributed by atoms with E-state index in [-0.39, 0.29) is 5.41 Å². The molecule has 0 amide bonds. The van der Waals surface area contributed by atoms with E-state index in [0.717, 1.165) is 56.6 Å². The van der Waals surface area contributed by atoms with E-state index >= 15 is 0 Å². The van der Waals surface area contributed by atoms with Crippen LogP contribution in [-0.4, -0.2) is 9.97 Å². The molecule has 0 N–H and O–H groups in total. The normalized spacial score (nSPS) is 12.5. The highest BCUT2D eigenvalue weighted by Gasteiger charge is 2.38. The first-order valence-corrected chi connectivity index (χ1v) is 19.5. The number of nitrogens with zero attached hydrogens (tertiary/aromatic N) is 4. The van der Waals surface area contributed by atoms with Crippen molar-refractivity contribution in [2.45, 2.75) is 19.3 Å². The van der Waals surface area contributed by atoms with Crippen molar-refractivity contribution >= 4 is 44.9 Å². The predicted octanol–water partition coefficient (Wildman–Crippen LogP) is 14.2. The molecule has 0 radical (unpaired) electrons. The standard InChI is InChI=1S/C53H40N4/c1-53(2)47-33-41(56(39-21-11-5-12-22-39)42-28-31-49(54-35-42)37-17-7-3-8-18-37)27-30-46(47)52-45-26-16-15-25-44(45)51(34-48(52)53)57(40-23-13-6-14-24-40)43-29-32-50(55-36-43)38-19-9-4-10-20-38/h3-36H,1-2H3.